The Morgan fingerprint density at radius 3 is 2.73 bits per heavy atom. The van der Waals surface area contributed by atoms with E-state index in [-0.39, 0.29) is 12.5 Å². The Morgan fingerprint density at radius 2 is 2.05 bits per heavy atom. The van der Waals surface area contributed by atoms with Crippen molar-refractivity contribution in [1.29, 1.82) is 0 Å². The summed E-state index contributed by atoms with van der Waals surface area (Å²) in [5.74, 6) is 0.618. The van der Waals surface area contributed by atoms with Gasteiger partial charge in [-0.05, 0) is 32.0 Å². The Bertz CT molecular complexity index is 791. The number of benzene rings is 1. The summed E-state index contributed by atoms with van der Waals surface area (Å²) < 4.78 is 6.68. The molecule has 0 unspecified atom stereocenters. The van der Waals surface area contributed by atoms with Crippen molar-refractivity contribution in [3.8, 4) is 5.69 Å². The van der Waals surface area contributed by atoms with E-state index >= 15 is 0 Å². The number of para-hydroxylation sites is 1. The van der Waals surface area contributed by atoms with Crippen LogP contribution in [0.2, 0.25) is 0 Å². The quantitative estimate of drug-likeness (QED) is 0.793. The van der Waals surface area contributed by atoms with E-state index < -0.39 is 0 Å². The van der Waals surface area contributed by atoms with Crippen LogP contribution in [0.4, 0.5) is 0 Å². The van der Waals surface area contributed by atoms with Crippen LogP contribution in [0.3, 0.4) is 0 Å². The van der Waals surface area contributed by atoms with Crippen molar-refractivity contribution in [2.24, 2.45) is 0 Å². The van der Waals surface area contributed by atoms with Crippen LogP contribution in [0.5, 0.6) is 0 Å². The highest BCUT2D eigenvalue weighted by Gasteiger charge is 2.14. The Hall–Kier alpha value is -2.96. The van der Waals surface area contributed by atoms with Gasteiger partial charge in [-0.3, -0.25) is 4.79 Å². The third-order valence-corrected chi connectivity index (χ3v) is 3.09. The van der Waals surface area contributed by atoms with E-state index in [1.54, 1.807) is 17.7 Å². The molecule has 0 atom stereocenters. The van der Waals surface area contributed by atoms with Gasteiger partial charge in [0.2, 0.25) is 5.89 Å². The molecule has 3 aromatic rings. The summed E-state index contributed by atoms with van der Waals surface area (Å²) in [6.45, 7) is 3.80. The van der Waals surface area contributed by atoms with Gasteiger partial charge in [0.15, 0.2) is 11.5 Å². The molecule has 0 aliphatic heterocycles. The molecule has 1 aromatic carbocycles. The third-order valence-electron chi connectivity index (χ3n) is 3.09. The minimum atomic E-state index is -0.284. The molecular weight excluding hydrogens is 282 g/mol. The Morgan fingerprint density at radius 1 is 1.27 bits per heavy atom. The smallest absolute Gasteiger partial charge is 0.272 e. The number of nitrogens with zero attached hydrogens (tertiary/aromatic N) is 4. The Balaban J connectivity index is 1.73. The molecule has 0 saturated heterocycles. The maximum absolute atomic E-state index is 12.1. The minimum absolute atomic E-state index is 0.177. The number of nitrogens with one attached hydrogen (secondary N) is 1. The molecule has 1 amide bonds. The number of aromatic nitrogens is 4. The maximum Gasteiger partial charge on any atom is 0.272 e. The molecule has 0 aliphatic rings. The van der Waals surface area contributed by atoms with Gasteiger partial charge in [-0.1, -0.05) is 23.4 Å². The molecule has 7 nitrogen and oxygen atoms in total. The van der Waals surface area contributed by atoms with Gasteiger partial charge in [-0.15, -0.1) is 0 Å². The summed E-state index contributed by atoms with van der Waals surface area (Å²) in [5.41, 5.74) is 2.13. The van der Waals surface area contributed by atoms with Gasteiger partial charge in [-0.25, -0.2) is 4.68 Å². The first kappa shape index (κ1) is 14.0. The third kappa shape index (κ3) is 2.88. The van der Waals surface area contributed by atoms with Gasteiger partial charge in [0.05, 0.1) is 12.2 Å². The number of aryl methyl sites for hydroxylation is 2. The van der Waals surface area contributed by atoms with E-state index in [9.17, 15) is 4.79 Å². The second kappa shape index (κ2) is 5.80. The number of amides is 1. The molecule has 0 saturated carbocycles. The lowest BCUT2D eigenvalue weighted by molar-refractivity contribution is 0.0941. The standard InChI is InChI=1S/C15H15N5O2/c1-10-8-13(18-20(10)12-6-4-3-5-7-12)15(21)16-9-14-17-11(2)19-22-14/h3-8H,9H2,1-2H3,(H,16,21). The van der Waals surface area contributed by atoms with Crippen molar-refractivity contribution in [2.45, 2.75) is 20.4 Å². The van der Waals surface area contributed by atoms with Gasteiger partial charge in [0.25, 0.3) is 5.91 Å². The van der Waals surface area contributed by atoms with E-state index in [1.807, 2.05) is 37.3 Å². The molecule has 22 heavy (non-hydrogen) atoms. The van der Waals surface area contributed by atoms with Gasteiger partial charge >= 0.3 is 0 Å². The summed E-state index contributed by atoms with van der Waals surface area (Å²) in [7, 11) is 0. The highest BCUT2D eigenvalue weighted by molar-refractivity contribution is 5.92. The van der Waals surface area contributed by atoms with Crippen molar-refractivity contribution in [1.82, 2.24) is 25.2 Å². The highest BCUT2D eigenvalue weighted by atomic mass is 16.5. The number of hydrogen-bond donors (Lipinski definition) is 1. The van der Waals surface area contributed by atoms with Crippen molar-refractivity contribution in [3.63, 3.8) is 0 Å². The molecule has 0 spiro atoms. The van der Waals surface area contributed by atoms with Gasteiger partial charge in [0, 0.05) is 5.69 Å². The topological polar surface area (TPSA) is 85.8 Å². The fraction of sp³-hybridized carbons (Fsp3) is 0.200. The Labute approximate surface area is 127 Å². The van der Waals surface area contributed by atoms with E-state index in [4.69, 9.17) is 4.52 Å². The summed E-state index contributed by atoms with van der Waals surface area (Å²) in [4.78, 5) is 16.2. The molecule has 1 N–H and O–H groups in total. The number of hydrogen-bond acceptors (Lipinski definition) is 5. The SMILES string of the molecule is Cc1noc(CNC(=O)c2cc(C)n(-c3ccccc3)n2)n1. The predicted molar refractivity (Wildman–Crippen MR) is 78.5 cm³/mol. The molecule has 2 aromatic heterocycles. The van der Waals surface area contributed by atoms with Crippen LogP contribution in [0.25, 0.3) is 5.69 Å². The fourth-order valence-electron chi connectivity index (χ4n) is 2.07. The monoisotopic (exact) mass is 297 g/mol. The molecule has 0 aliphatic carbocycles. The van der Waals surface area contributed by atoms with Gasteiger partial charge in [0.1, 0.15) is 0 Å². The molecule has 7 heteroatoms. The largest absolute Gasteiger partial charge is 0.342 e. The molecule has 0 radical (unpaired) electrons. The van der Waals surface area contributed by atoms with E-state index in [2.05, 4.69) is 20.6 Å². The van der Waals surface area contributed by atoms with Gasteiger partial charge in [-0.2, -0.15) is 10.1 Å². The van der Waals surface area contributed by atoms with Crippen molar-refractivity contribution in [3.05, 3.63) is 59.5 Å². The molecule has 0 fully saturated rings. The van der Waals surface area contributed by atoms with Crippen molar-refractivity contribution < 1.29 is 9.32 Å². The predicted octanol–water partition coefficient (Wildman–Crippen LogP) is 1.80. The molecule has 3 rings (SSSR count). The van der Waals surface area contributed by atoms with E-state index in [0.29, 0.717) is 17.4 Å². The molecule has 0 bridgehead atoms. The minimum Gasteiger partial charge on any atom is -0.342 e. The van der Waals surface area contributed by atoms with Crippen LogP contribution in [-0.4, -0.2) is 25.8 Å². The zero-order valence-corrected chi connectivity index (χ0v) is 12.3. The van der Waals surface area contributed by atoms with E-state index in [0.717, 1.165) is 11.4 Å². The second-order valence-corrected chi connectivity index (χ2v) is 4.84. The normalized spacial score (nSPS) is 10.6. The maximum atomic E-state index is 12.1. The summed E-state index contributed by atoms with van der Waals surface area (Å²) >= 11 is 0. The highest BCUT2D eigenvalue weighted by Crippen LogP contribution is 2.11. The fourth-order valence-corrected chi connectivity index (χ4v) is 2.07. The number of rotatable bonds is 4. The second-order valence-electron chi connectivity index (χ2n) is 4.84. The first-order chi connectivity index (χ1) is 10.6. The average Bonchev–Trinajstić information content (AvgIpc) is 3.12. The lowest BCUT2D eigenvalue weighted by atomic mass is 10.3. The van der Waals surface area contributed by atoms with E-state index in [1.165, 1.54) is 0 Å². The van der Waals surface area contributed by atoms with Crippen LogP contribution in [0.15, 0.2) is 40.9 Å². The molecular formula is C15H15N5O2. The molecule has 2 heterocycles. The van der Waals surface area contributed by atoms with Gasteiger partial charge < -0.3 is 9.84 Å². The van der Waals surface area contributed by atoms with Crippen LogP contribution in [0, 0.1) is 13.8 Å². The number of carbonyl (C=O) groups is 1. The summed E-state index contributed by atoms with van der Waals surface area (Å²) in [6, 6.07) is 11.4. The zero-order valence-electron chi connectivity index (χ0n) is 12.3. The van der Waals surface area contributed by atoms with Crippen molar-refractivity contribution >= 4 is 5.91 Å². The molecule has 112 valence electrons. The zero-order chi connectivity index (χ0) is 15.5. The summed E-state index contributed by atoms with van der Waals surface area (Å²) in [6.07, 6.45) is 0. The van der Waals surface area contributed by atoms with Crippen molar-refractivity contribution in [2.75, 3.05) is 0 Å². The Kier molecular flexibility index (Phi) is 3.69. The van der Waals surface area contributed by atoms with Crippen LogP contribution >= 0.6 is 0 Å². The first-order valence-electron chi connectivity index (χ1n) is 6.83. The van der Waals surface area contributed by atoms with Crippen LogP contribution < -0.4 is 5.32 Å². The first-order valence-corrected chi connectivity index (χ1v) is 6.83. The van der Waals surface area contributed by atoms with Crippen LogP contribution in [-0.2, 0) is 6.54 Å². The number of carbonyl (C=O) groups excluding carboxylic acids is 1. The summed E-state index contributed by atoms with van der Waals surface area (Å²) in [5, 5.41) is 10.7. The van der Waals surface area contributed by atoms with Crippen LogP contribution in [0.1, 0.15) is 27.9 Å². The lowest BCUT2D eigenvalue weighted by Crippen LogP contribution is -2.23. The lowest BCUT2D eigenvalue weighted by Gasteiger charge is -2.03. The average molecular weight is 297 g/mol.